The van der Waals surface area contributed by atoms with Crippen molar-refractivity contribution in [1.82, 2.24) is 4.98 Å². The van der Waals surface area contributed by atoms with Crippen LogP contribution in [0.15, 0.2) is 54.6 Å². The molecule has 1 heterocycles. The Hall–Kier alpha value is -2.68. The zero-order valence-electron chi connectivity index (χ0n) is 12.7. The Bertz CT molecular complexity index is 825. The molecule has 0 fully saturated rings. The lowest BCUT2D eigenvalue weighted by Crippen LogP contribution is -2.11. The zero-order chi connectivity index (χ0) is 15.5. The van der Waals surface area contributed by atoms with Gasteiger partial charge in [0, 0.05) is 5.39 Å². The number of hydrogen-bond donors (Lipinski definition) is 0. The average molecular weight is 291 g/mol. The number of para-hydroxylation sites is 1. The topological polar surface area (TPSA) is 39.2 Å². The van der Waals surface area contributed by atoms with Crippen molar-refractivity contribution in [3.63, 3.8) is 0 Å². The van der Waals surface area contributed by atoms with E-state index in [1.54, 1.807) is 0 Å². The van der Waals surface area contributed by atoms with Crippen LogP contribution in [0, 0.1) is 13.8 Å². The number of pyridine rings is 1. The molecule has 0 unspecified atom stereocenters. The minimum Gasteiger partial charge on any atom is -0.457 e. The summed E-state index contributed by atoms with van der Waals surface area (Å²) in [7, 11) is 0. The minimum atomic E-state index is -0.322. The van der Waals surface area contributed by atoms with Gasteiger partial charge in [-0.25, -0.2) is 4.79 Å². The summed E-state index contributed by atoms with van der Waals surface area (Å²) in [5.41, 5.74) is 4.06. The van der Waals surface area contributed by atoms with E-state index in [9.17, 15) is 4.79 Å². The van der Waals surface area contributed by atoms with Gasteiger partial charge in [-0.15, -0.1) is 0 Å². The van der Waals surface area contributed by atoms with Crippen LogP contribution in [0.4, 0.5) is 0 Å². The van der Waals surface area contributed by atoms with E-state index in [2.05, 4.69) is 4.98 Å². The summed E-state index contributed by atoms with van der Waals surface area (Å²) < 4.78 is 5.45. The Morgan fingerprint density at radius 2 is 1.68 bits per heavy atom. The second-order valence-electron chi connectivity index (χ2n) is 5.28. The van der Waals surface area contributed by atoms with E-state index in [1.807, 2.05) is 68.4 Å². The van der Waals surface area contributed by atoms with E-state index in [0.717, 1.165) is 22.0 Å². The lowest BCUT2D eigenvalue weighted by Gasteiger charge is -2.12. The third kappa shape index (κ3) is 2.70. The Kier molecular flexibility index (Phi) is 3.88. The molecule has 0 saturated heterocycles. The maximum absolute atomic E-state index is 12.4. The smallest absolute Gasteiger partial charge is 0.340 e. The van der Waals surface area contributed by atoms with E-state index in [1.165, 1.54) is 0 Å². The van der Waals surface area contributed by atoms with Crippen molar-refractivity contribution in [3.8, 4) is 0 Å². The van der Waals surface area contributed by atoms with Crippen molar-refractivity contribution in [1.29, 1.82) is 0 Å². The average Bonchev–Trinajstić information content (AvgIpc) is 2.54. The summed E-state index contributed by atoms with van der Waals surface area (Å²) in [6, 6.07) is 17.5. The van der Waals surface area contributed by atoms with Crippen LogP contribution in [0.1, 0.15) is 27.2 Å². The molecule has 3 rings (SSSR count). The number of ether oxygens (including phenoxy) is 1. The van der Waals surface area contributed by atoms with Gasteiger partial charge in [-0.1, -0.05) is 48.5 Å². The third-order valence-electron chi connectivity index (χ3n) is 3.75. The molecular weight excluding hydrogens is 274 g/mol. The predicted molar refractivity (Wildman–Crippen MR) is 86.8 cm³/mol. The number of carbonyl (C=O) groups is 1. The Labute approximate surface area is 129 Å². The van der Waals surface area contributed by atoms with Crippen molar-refractivity contribution in [2.75, 3.05) is 0 Å². The number of aryl methyl sites for hydroxylation is 2. The van der Waals surface area contributed by atoms with E-state index in [-0.39, 0.29) is 12.6 Å². The fraction of sp³-hybridized carbons (Fsp3) is 0.158. The SMILES string of the molecule is Cc1nc2ccccc2c(C)c1C(=O)OCc1ccccc1. The first-order chi connectivity index (χ1) is 10.7. The quantitative estimate of drug-likeness (QED) is 0.679. The van der Waals surface area contributed by atoms with Gasteiger partial charge in [0.1, 0.15) is 6.61 Å². The Morgan fingerprint density at radius 1 is 1.00 bits per heavy atom. The standard InChI is InChI=1S/C19H17NO2/c1-13-16-10-6-7-11-17(16)20-14(2)18(13)19(21)22-12-15-8-4-3-5-9-15/h3-11H,12H2,1-2H3. The van der Waals surface area contributed by atoms with Gasteiger partial charge >= 0.3 is 5.97 Å². The zero-order valence-corrected chi connectivity index (χ0v) is 12.7. The molecule has 0 N–H and O–H groups in total. The summed E-state index contributed by atoms with van der Waals surface area (Å²) in [6.45, 7) is 4.06. The van der Waals surface area contributed by atoms with Gasteiger partial charge in [0.2, 0.25) is 0 Å². The van der Waals surface area contributed by atoms with Crippen molar-refractivity contribution in [3.05, 3.63) is 77.0 Å². The maximum atomic E-state index is 12.4. The Balaban J connectivity index is 1.90. The minimum absolute atomic E-state index is 0.269. The molecule has 0 bridgehead atoms. The molecule has 0 aliphatic rings. The molecule has 3 nitrogen and oxygen atoms in total. The van der Waals surface area contributed by atoms with Gasteiger partial charge in [-0.2, -0.15) is 0 Å². The van der Waals surface area contributed by atoms with Crippen LogP contribution in [0.3, 0.4) is 0 Å². The molecule has 0 amide bonds. The van der Waals surface area contributed by atoms with Crippen molar-refractivity contribution >= 4 is 16.9 Å². The summed E-state index contributed by atoms with van der Waals surface area (Å²) >= 11 is 0. The van der Waals surface area contributed by atoms with E-state index >= 15 is 0 Å². The molecule has 0 aliphatic carbocycles. The molecule has 3 heteroatoms. The van der Waals surface area contributed by atoms with Crippen LogP contribution < -0.4 is 0 Å². The summed E-state index contributed by atoms with van der Waals surface area (Å²) in [4.78, 5) is 17.0. The highest BCUT2D eigenvalue weighted by atomic mass is 16.5. The fourth-order valence-electron chi connectivity index (χ4n) is 2.63. The first kappa shape index (κ1) is 14.3. The molecule has 110 valence electrons. The van der Waals surface area contributed by atoms with Crippen LogP contribution in [0.2, 0.25) is 0 Å². The van der Waals surface area contributed by atoms with Gasteiger partial charge in [-0.05, 0) is 31.0 Å². The second-order valence-corrected chi connectivity index (χ2v) is 5.28. The first-order valence-corrected chi connectivity index (χ1v) is 7.24. The maximum Gasteiger partial charge on any atom is 0.340 e. The monoisotopic (exact) mass is 291 g/mol. The number of fused-ring (bicyclic) bond motifs is 1. The number of rotatable bonds is 3. The molecule has 0 spiro atoms. The lowest BCUT2D eigenvalue weighted by atomic mass is 10.0. The summed E-state index contributed by atoms with van der Waals surface area (Å²) in [5.74, 6) is -0.322. The van der Waals surface area contributed by atoms with Crippen LogP contribution in [-0.4, -0.2) is 11.0 Å². The lowest BCUT2D eigenvalue weighted by molar-refractivity contribution is 0.0470. The molecule has 0 radical (unpaired) electrons. The second kappa shape index (κ2) is 5.98. The molecule has 3 aromatic rings. The summed E-state index contributed by atoms with van der Waals surface area (Å²) in [5, 5.41) is 0.986. The summed E-state index contributed by atoms with van der Waals surface area (Å²) in [6.07, 6.45) is 0. The molecular formula is C19H17NO2. The Morgan fingerprint density at radius 3 is 2.45 bits per heavy atom. The molecule has 0 saturated carbocycles. The third-order valence-corrected chi connectivity index (χ3v) is 3.75. The van der Waals surface area contributed by atoms with Crippen LogP contribution in [0.25, 0.3) is 10.9 Å². The number of aromatic nitrogens is 1. The highest BCUT2D eigenvalue weighted by Crippen LogP contribution is 2.23. The van der Waals surface area contributed by atoms with E-state index < -0.39 is 0 Å². The molecule has 2 aromatic carbocycles. The van der Waals surface area contributed by atoms with Crippen LogP contribution in [-0.2, 0) is 11.3 Å². The fourth-order valence-corrected chi connectivity index (χ4v) is 2.63. The van der Waals surface area contributed by atoms with Gasteiger partial charge in [-0.3, -0.25) is 4.98 Å². The van der Waals surface area contributed by atoms with Gasteiger partial charge in [0.05, 0.1) is 16.8 Å². The number of carbonyl (C=O) groups excluding carboxylic acids is 1. The number of nitrogens with zero attached hydrogens (tertiary/aromatic N) is 1. The normalized spacial score (nSPS) is 10.6. The molecule has 1 aromatic heterocycles. The highest BCUT2D eigenvalue weighted by molar-refractivity contribution is 5.98. The highest BCUT2D eigenvalue weighted by Gasteiger charge is 2.17. The molecule has 0 atom stereocenters. The number of benzene rings is 2. The van der Waals surface area contributed by atoms with Crippen LogP contribution in [0.5, 0.6) is 0 Å². The van der Waals surface area contributed by atoms with Crippen molar-refractivity contribution < 1.29 is 9.53 Å². The predicted octanol–water partition coefficient (Wildman–Crippen LogP) is 4.21. The first-order valence-electron chi connectivity index (χ1n) is 7.24. The van der Waals surface area contributed by atoms with Gasteiger partial charge < -0.3 is 4.74 Å². The molecule has 22 heavy (non-hydrogen) atoms. The largest absolute Gasteiger partial charge is 0.457 e. The number of esters is 1. The van der Waals surface area contributed by atoms with Crippen molar-refractivity contribution in [2.24, 2.45) is 0 Å². The van der Waals surface area contributed by atoms with Gasteiger partial charge in [0.15, 0.2) is 0 Å². The van der Waals surface area contributed by atoms with Gasteiger partial charge in [0.25, 0.3) is 0 Å². The van der Waals surface area contributed by atoms with E-state index in [0.29, 0.717) is 11.3 Å². The van der Waals surface area contributed by atoms with Crippen LogP contribution >= 0.6 is 0 Å². The number of hydrogen-bond acceptors (Lipinski definition) is 3. The molecule has 0 aliphatic heterocycles. The van der Waals surface area contributed by atoms with E-state index in [4.69, 9.17) is 4.74 Å². The van der Waals surface area contributed by atoms with Crippen molar-refractivity contribution in [2.45, 2.75) is 20.5 Å².